The first-order chi connectivity index (χ1) is 14.7. The second-order valence-electron chi connectivity index (χ2n) is 7.36. The highest BCUT2D eigenvalue weighted by Crippen LogP contribution is 2.25. The summed E-state index contributed by atoms with van der Waals surface area (Å²) in [6.07, 6.45) is 1.88. The average molecular weight is 412 g/mol. The molecule has 2 N–H and O–H groups in total. The third-order valence-electron chi connectivity index (χ3n) is 5.18. The molecule has 0 atom stereocenters. The van der Waals surface area contributed by atoms with Crippen molar-refractivity contribution in [2.45, 2.75) is 26.7 Å². The van der Waals surface area contributed by atoms with E-state index >= 15 is 0 Å². The third-order valence-corrected chi connectivity index (χ3v) is 5.18. The molecule has 0 saturated carbocycles. The first-order valence-corrected chi connectivity index (χ1v) is 10.9. The number of nitrogens with one attached hydrogen (secondary N) is 2. The van der Waals surface area contributed by atoms with Crippen LogP contribution in [0.15, 0.2) is 41.2 Å². The fourth-order valence-corrected chi connectivity index (χ4v) is 3.54. The second-order valence-corrected chi connectivity index (χ2v) is 7.36. The zero-order valence-corrected chi connectivity index (χ0v) is 18.3. The molecule has 2 aromatic carbocycles. The van der Waals surface area contributed by atoms with Gasteiger partial charge in [-0.2, -0.15) is 0 Å². The summed E-state index contributed by atoms with van der Waals surface area (Å²) in [4.78, 5) is 13.0. The lowest BCUT2D eigenvalue weighted by Gasteiger charge is -2.14. The second kappa shape index (κ2) is 11.0. The Morgan fingerprint density at radius 2 is 1.27 bits per heavy atom. The molecule has 0 aliphatic rings. The lowest BCUT2D eigenvalue weighted by Crippen LogP contribution is -2.16. The minimum absolute atomic E-state index is 0.0375. The summed E-state index contributed by atoms with van der Waals surface area (Å²) in [6, 6.07) is 11.4. The van der Waals surface area contributed by atoms with Crippen LogP contribution in [0, 0.1) is 0 Å². The van der Waals surface area contributed by atoms with Gasteiger partial charge in [0.05, 0.1) is 24.2 Å². The van der Waals surface area contributed by atoms with Crippen LogP contribution < -0.4 is 25.5 Å². The quantitative estimate of drug-likeness (QED) is 0.353. The van der Waals surface area contributed by atoms with Gasteiger partial charge in [-0.25, -0.2) is 0 Å². The molecule has 0 unspecified atom stereocenters. The van der Waals surface area contributed by atoms with E-state index in [1.807, 2.05) is 48.0 Å². The van der Waals surface area contributed by atoms with Gasteiger partial charge in [-0.3, -0.25) is 4.79 Å². The average Bonchev–Trinajstić information content (AvgIpc) is 2.77. The highest BCUT2D eigenvalue weighted by atomic mass is 16.5. The van der Waals surface area contributed by atoms with Crippen LogP contribution in [0.3, 0.4) is 0 Å². The molecule has 6 nitrogen and oxygen atoms in total. The number of ether oxygens (including phenoxy) is 2. The molecule has 0 bridgehead atoms. The Bertz CT molecular complexity index is 952. The number of aromatic nitrogens is 1. The topological polar surface area (TPSA) is 64.5 Å². The Labute approximate surface area is 178 Å². The molecule has 30 heavy (non-hydrogen) atoms. The molecular formula is C24H33N3O3. The molecule has 0 fully saturated rings. The summed E-state index contributed by atoms with van der Waals surface area (Å²) in [5.41, 5.74) is 1.76. The largest absolute Gasteiger partial charge is 0.493 e. The van der Waals surface area contributed by atoms with Gasteiger partial charge in [0.2, 0.25) is 0 Å². The van der Waals surface area contributed by atoms with E-state index < -0.39 is 0 Å². The fourth-order valence-electron chi connectivity index (χ4n) is 3.54. The number of rotatable bonds is 12. The van der Waals surface area contributed by atoms with Gasteiger partial charge >= 0.3 is 0 Å². The standard InChI is InChI=1S/C24H33N3O3/c1-4-25-12-6-14-29-18-8-10-20-22(16-18)27(3)23-17-19(9-11-21(23)24(20)28)30-15-7-13-26-5-2/h8-11,16-17,25-26H,4-7,12-15H2,1-3H3. The van der Waals surface area contributed by atoms with Gasteiger partial charge in [-0.15, -0.1) is 0 Å². The van der Waals surface area contributed by atoms with Crippen LogP contribution in [-0.4, -0.2) is 44.0 Å². The number of fused-ring (bicyclic) bond motifs is 2. The minimum Gasteiger partial charge on any atom is -0.493 e. The van der Waals surface area contributed by atoms with Crippen molar-refractivity contribution in [3.8, 4) is 11.5 Å². The number of hydrogen-bond donors (Lipinski definition) is 2. The smallest absolute Gasteiger partial charge is 0.197 e. The predicted molar refractivity (Wildman–Crippen MR) is 124 cm³/mol. The molecule has 3 aromatic rings. The van der Waals surface area contributed by atoms with Gasteiger partial charge in [0, 0.05) is 30.0 Å². The minimum atomic E-state index is 0.0375. The predicted octanol–water partition coefficient (Wildman–Crippen LogP) is 3.45. The summed E-state index contributed by atoms with van der Waals surface area (Å²) in [7, 11) is 1.98. The maximum absolute atomic E-state index is 13.0. The van der Waals surface area contributed by atoms with E-state index in [0.717, 1.165) is 61.6 Å². The van der Waals surface area contributed by atoms with Crippen LogP contribution in [0.1, 0.15) is 26.7 Å². The Kier molecular flexibility index (Phi) is 8.11. The fraction of sp³-hybridized carbons (Fsp3) is 0.458. The van der Waals surface area contributed by atoms with Crippen LogP contribution >= 0.6 is 0 Å². The van der Waals surface area contributed by atoms with Crippen LogP contribution in [0.5, 0.6) is 11.5 Å². The monoisotopic (exact) mass is 411 g/mol. The van der Waals surface area contributed by atoms with Crippen LogP contribution in [-0.2, 0) is 7.05 Å². The number of benzene rings is 2. The SMILES string of the molecule is CCNCCCOc1ccc2c(=O)c3ccc(OCCCNCC)cc3n(C)c2c1. The van der Waals surface area contributed by atoms with E-state index in [4.69, 9.17) is 9.47 Å². The van der Waals surface area contributed by atoms with Crippen molar-refractivity contribution >= 4 is 21.8 Å². The molecule has 6 heteroatoms. The maximum atomic E-state index is 13.0. The zero-order chi connectivity index (χ0) is 21.3. The van der Waals surface area contributed by atoms with Crippen LogP contribution in [0.25, 0.3) is 21.8 Å². The van der Waals surface area contributed by atoms with E-state index in [1.165, 1.54) is 0 Å². The number of aryl methyl sites for hydroxylation is 1. The van der Waals surface area contributed by atoms with Gasteiger partial charge < -0.3 is 24.7 Å². The maximum Gasteiger partial charge on any atom is 0.197 e. The molecule has 0 radical (unpaired) electrons. The van der Waals surface area contributed by atoms with Crippen molar-refractivity contribution in [3.63, 3.8) is 0 Å². The lowest BCUT2D eigenvalue weighted by molar-refractivity contribution is 0.309. The first-order valence-electron chi connectivity index (χ1n) is 10.9. The Balaban J connectivity index is 1.82. The van der Waals surface area contributed by atoms with Crippen molar-refractivity contribution in [1.82, 2.24) is 15.2 Å². The van der Waals surface area contributed by atoms with Gasteiger partial charge in [-0.1, -0.05) is 13.8 Å². The normalized spacial score (nSPS) is 11.3. The molecule has 1 aromatic heterocycles. The van der Waals surface area contributed by atoms with Crippen molar-refractivity contribution < 1.29 is 9.47 Å². The van der Waals surface area contributed by atoms with Crippen LogP contribution in [0.4, 0.5) is 0 Å². The molecular weight excluding hydrogens is 378 g/mol. The van der Waals surface area contributed by atoms with Crippen molar-refractivity contribution in [3.05, 3.63) is 46.6 Å². The molecule has 0 aliphatic heterocycles. The third kappa shape index (κ3) is 5.32. The van der Waals surface area contributed by atoms with Gasteiger partial charge in [0.15, 0.2) is 5.43 Å². The number of nitrogens with zero attached hydrogens (tertiary/aromatic N) is 1. The Morgan fingerprint density at radius 3 is 1.70 bits per heavy atom. The molecule has 3 rings (SSSR count). The molecule has 0 amide bonds. The first kappa shape index (κ1) is 22.1. The summed E-state index contributed by atoms with van der Waals surface area (Å²) in [5, 5.41) is 7.98. The van der Waals surface area contributed by atoms with Crippen LogP contribution in [0.2, 0.25) is 0 Å². The van der Waals surface area contributed by atoms with Crippen molar-refractivity contribution in [2.75, 3.05) is 39.4 Å². The van der Waals surface area contributed by atoms with E-state index in [0.29, 0.717) is 24.0 Å². The highest BCUT2D eigenvalue weighted by Gasteiger charge is 2.11. The summed E-state index contributed by atoms with van der Waals surface area (Å²) in [6.45, 7) is 9.27. The Morgan fingerprint density at radius 1 is 0.800 bits per heavy atom. The summed E-state index contributed by atoms with van der Waals surface area (Å²) < 4.78 is 13.8. The van der Waals surface area contributed by atoms with Crippen molar-refractivity contribution in [2.24, 2.45) is 7.05 Å². The highest BCUT2D eigenvalue weighted by molar-refractivity contribution is 5.94. The van der Waals surface area contributed by atoms with E-state index in [-0.39, 0.29) is 5.43 Å². The lowest BCUT2D eigenvalue weighted by atomic mass is 10.1. The molecule has 1 heterocycles. The molecule has 162 valence electrons. The van der Waals surface area contributed by atoms with E-state index in [1.54, 1.807) is 0 Å². The van der Waals surface area contributed by atoms with Crippen molar-refractivity contribution in [1.29, 1.82) is 0 Å². The summed E-state index contributed by atoms with van der Waals surface area (Å²) in [5.74, 6) is 1.56. The van der Waals surface area contributed by atoms with Gasteiger partial charge in [-0.05, 0) is 63.3 Å². The molecule has 0 aliphatic carbocycles. The van der Waals surface area contributed by atoms with Gasteiger partial charge in [0.1, 0.15) is 11.5 Å². The summed E-state index contributed by atoms with van der Waals surface area (Å²) >= 11 is 0. The molecule has 0 saturated heterocycles. The van der Waals surface area contributed by atoms with E-state index in [2.05, 4.69) is 24.5 Å². The Hall–Kier alpha value is -2.57. The van der Waals surface area contributed by atoms with Gasteiger partial charge in [0.25, 0.3) is 0 Å². The number of hydrogen-bond acceptors (Lipinski definition) is 5. The van der Waals surface area contributed by atoms with E-state index in [9.17, 15) is 4.79 Å². The molecule has 0 spiro atoms. The number of pyridine rings is 1. The zero-order valence-electron chi connectivity index (χ0n) is 18.3.